The maximum Gasteiger partial charge on any atom is 0.129 e. The van der Waals surface area contributed by atoms with Crippen molar-refractivity contribution in [2.45, 2.75) is 26.3 Å². The van der Waals surface area contributed by atoms with E-state index in [9.17, 15) is 4.39 Å². The average molecular weight is 294 g/mol. The van der Waals surface area contributed by atoms with Crippen LogP contribution >= 0.6 is 11.6 Å². The summed E-state index contributed by atoms with van der Waals surface area (Å²) in [6, 6.07) is 3.41. The van der Waals surface area contributed by atoms with E-state index < -0.39 is 0 Å². The topological polar surface area (TPSA) is 21.1 Å². The van der Waals surface area contributed by atoms with E-state index in [4.69, 9.17) is 11.6 Å². The van der Waals surface area contributed by atoms with Gasteiger partial charge < -0.3 is 9.47 Å². The first-order valence-electron chi connectivity index (χ1n) is 6.77. The van der Waals surface area contributed by atoms with E-state index in [1.807, 2.05) is 24.6 Å². The first-order valence-corrected chi connectivity index (χ1v) is 7.14. The highest BCUT2D eigenvalue weighted by molar-refractivity contribution is 6.29. The Labute approximate surface area is 123 Å². The van der Waals surface area contributed by atoms with Gasteiger partial charge in [-0.15, -0.1) is 0 Å². The number of imidazole rings is 1. The van der Waals surface area contributed by atoms with Crippen molar-refractivity contribution in [3.8, 4) is 0 Å². The largest absolute Gasteiger partial charge is 0.364 e. The number of aryl methyl sites for hydroxylation is 1. The van der Waals surface area contributed by atoms with Crippen LogP contribution in [0.2, 0.25) is 5.15 Å². The molecule has 1 aliphatic rings. The number of hydrogen-bond acceptors (Lipinski definition) is 2. The van der Waals surface area contributed by atoms with Gasteiger partial charge in [0, 0.05) is 24.8 Å². The van der Waals surface area contributed by atoms with Gasteiger partial charge in [0.25, 0.3) is 0 Å². The van der Waals surface area contributed by atoms with Crippen molar-refractivity contribution in [2.24, 2.45) is 7.05 Å². The lowest BCUT2D eigenvalue weighted by atomic mass is 9.97. The van der Waals surface area contributed by atoms with Crippen LogP contribution in [-0.2, 0) is 20.0 Å². The van der Waals surface area contributed by atoms with Crippen molar-refractivity contribution in [3.63, 3.8) is 0 Å². The van der Waals surface area contributed by atoms with Crippen LogP contribution in [0.15, 0.2) is 18.3 Å². The molecule has 0 radical (unpaired) electrons. The Bertz CT molecular complexity index is 651. The highest BCUT2D eigenvalue weighted by atomic mass is 35.5. The Balaban J connectivity index is 1.98. The predicted octanol–water partition coefficient (Wildman–Crippen LogP) is 3.47. The van der Waals surface area contributed by atoms with Crippen LogP contribution in [0.5, 0.6) is 0 Å². The zero-order valence-corrected chi connectivity index (χ0v) is 12.4. The first kappa shape index (κ1) is 13.4. The number of benzene rings is 1. The molecule has 0 N–H and O–H groups in total. The molecule has 3 rings (SSSR count). The summed E-state index contributed by atoms with van der Waals surface area (Å²) in [7, 11) is 1.90. The molecule has 0 atom stereocenters. The number of fused-ring (bicyclic) bond motifs is 1. The highest BCUT2D eigenvalue weighted by Gasteiger charge is 2.23. The predicted molar refractivity (Wildman–Crippen MR) is 78.7 cm³/mol. The van der Waals surface area contributed by atoms with Crippen LogP contribution in [0.1, 0.15) is 23.4 Å². The summed E-state index contributed by atoms with van der Waals surface area (Å²) in [6.07, 6.45) is 3.42. The zero-order chi connectivity index (χ0) is 14.3. The van der Waals surface area contributed by atoms with Crippen LogP contribution in [0.4, 0.5) is 10.1 Å². The van der Waals surface area contributed by atoms with E-state index in [1.54, 1.807) is 12.3 Å². The van der Waals surface area contributed by atoms with Gasteiger partial charge in [-0.1, -0.05) is 17.7 Å². The first-order chi connectivity index (χ1) is 9.58. The van der Waals surface area contributed by atoms with Crippen LogP contribution < -0.4 is 4.90 Å². The molecule has 3 nitrogen and oxygen atoms in total. The molecular formula is C15H17ClFN3. The molecule has 0 fully saturated rings. The van der Waals surface area contributed by atoms with Crippen LogP contribution in [-0.4, -0.2) is 16.1 Å². The fourth-order valence-electron chi connectivity index (χ4n) is 2.87. The van der Waals surface area contributed by atoms with Gasteiger partial charge in [0.15, 0.2) is 0 Å². The minimum absolute atomic E-state index is 0.104. The summed E-state index contributed by atoms with van der Waals surface area (Å²) in [6.45, 7) is 3.60. The van der Waals surface area contributed by atoms with Gasteiger partial charge in [0.2, 0.25) is 0 Å². The highest BCUT2D eigenvalue weighted by Crippen LogP contribution is 2.33. The molecular weight excluding hydrogens is 277 g/mol. The normalized spacial score (nSPS) is 14.5. The molecule has 0 spiro atoms. The fraction of sp³-hybridized carbons (Fsp3) is 0.400. The van der Waals surface area contributed by atoms with E-state index in [0.717, 1.165) is 42.0 Å². The van der Waals surface area contributed by atoms with Crippen molar-refractivity contribution in [3.05, 3.63) is 46.3 Å². The quantitative estimate of drug-likeness (QED) is 0.845. The zero-order valence-electron chi connectivity index (χ0n) is 11.7. The molecule has 1 aromatic heterocycles. The Morgan fingerprint density at radius 1 is 1.40 bits per heavy atom. The standard InChI is InChI=1S/C15H17ClFN3/c1-10-5-6-12(17)11-4-3-7-20(15(10)11)9-14-18-8-13(16)19(14)2/h5-6,8H,3-4,7,9H2,1-2H3. The monoisotopic (exact) mass is 293 g/mol. The second-order valence-electron chi connectivity index (χ2n) is 5.27. The Hall–Kier alpha value is -1.55. The van der Waals surface area contributed by atoms with E-state index in [0.29, 0.717) is 11.7 Å². The molecule has 0 amide bonds. The second-order valence-corrected chi connectivity index (χ2v) is 5.66. The van der Waals surface area contributed by atoms with Crippen LogP contribution in [0.3, 0.4) is 0 Å². The van der Waals surface area contributed by atoms with Crippen molar-refractivity contribution < 1.29 is 4.39 Å². The van der Waals surface area contributed by atoms with Crippen molar-refractivity contribution in [1.82, 2.24) is 9.55 Å². The van der Waals surface area contributed by atoms with E-state index in [1.165, 1.54) is 0 Å². The lowest BCUT2D eigenvalue weighted by Crippen LogP contribution is -2.31. The molecule has 106 valence electrons. The molecule has 5 heteroatoms. The van der Waals surface area contributed by atoms with E-state index in [2.05, 4.69) is 9.88 Å². The number of anilines is 1. The molecule has 0 unspecified atom stereocenters. The van der Waals surface area contributed by atoms with Gasteiger partial charge in [0.05, 0.1) is 12.7 Å². The number of hydrogen-bond donors (Lipinski definition) is 0. The lowest BCUT2D eigenvalue weighted by molar-refractivity contribution is 0.581. The smallest absolute Gasteiger partial charge is 0.129 e. The summed E-state index contributed by atoms with van der Waals surface area (Å²) >= 11 is 6.03. The van der Waals surface area contributed by atoms with Crippen molar-refractivity contribution in [1.29, 1.82) is 0 Å². The minimum Gasteiger partial charge on any atom is -0.364 e. The third-order valence-corrected chi connectivity index (χ3v) is 4.31. The number of nitrogens with zero attached hydrogens (tertiary/aromatic N) is 3. The van der Waals surface area contributed by atoms with Gasteiger partial charge in [-0.3, -0.25) is 0 Å². The van der Waals surface area contributed by atoms with Gasteiger partial charge in [-0.2, -0.15) is 0 Å². The Morgan fingerprint density at radius 3 is 2.90 bits per heavy atom. The maximum absolute atomic E-state index is 14.0. The molecule has 0 saturated carbocycles. The minimum atomic E-state index is -0.104. The molecule has 0 bridgehead atoms. The van der Waals surface area contributed by atoms with Crippen LogP contribution in [0.25, 0.3) is 0 Å². The number of rotatable bonds is 2. The van der Waals surface area contributed by atoms with Gasteiger partial charge in [0.1, 0.15) is 16.8 Å². The summed E-state index contributed by atoms with van der Waals surface area (Å²) < 4.78 is 15.8. The van der Waals surface area contributed by atoms with E-state index in [-0.39, 0.29) is 5.82 Å². The molecule has 0 aliphatic carbocycles. The third kappa shape index (κ3) is 2.18. The molecule has 0 saturated heterocycles. The van der Waals surface area contributed by atoms with Gasteiger partial charge in [-0.05, 0) is 31.4 Å². The Morgan fingerprint density at radius 2 is 2.20 bits per heavy atom. The summed E-state index contributed by atoms with van der Waals surface area (Å²) in [4.78, 5) is 6.53. The summed E-state index contributed by atoms with van der Waals surface area (Å²) in [5.41, 5.74) is 2.97. The SMILES string of the molecule is Cc1ccc(F)c2c1N(Cc1ncc(Cl)n1C)CCC2. The van der Waals surface area contributed by atoms with Gasteiger partial charge in [-0.25, -0.2) is 9.37 Å². The molecule has 2 heterocycles. The second kappa shape index (κ2) is 5.09. The molecule has 1 aliphatic heterocycles. The van der Waals surface area contributed by atoms with Crippen LogP contribution in [0, 0.1) is 12.7 Å². The Kier molecular flexibility index (Phi) is 3.42. The molecule has 1 aromatic carbocycles. The summed E-state index contributed by atoms with van der Waals surface area (Å²) in [5, 5.41) is 0.619. The van der Waals surface area contributed by atoms with Crippen molar-refractivity contribution in [2.75, 3.05) is 11.4 Å². The fourth-order valence-corrected chi connectivity index (χ4v) is 3.01. The van der Waals surface area contributed by atoms with E-state index >= 15 is 0 Å². The average Bonchev–Trinajstić information content (AvgIpc) is 2.75. The van der Waals surface area contributed by atoms with Crippen molar-refractivity contribution >= 4 is 17.3 Å². The van der Waals surface area contributed by atoms with Gasteiger partial charge >= 0.3 is 0 Å². The lowest BCUT2D eigenvalue weighted by Gasteiger charge is -2.32. The third-order valence-electron chi connectivity index (χ3n) is 3.96. The molecule has 2 aromatic rings. The molecule has 20 heavy (non-hydrogen) atoms. The maximum atomic E-state index is 14.0. The number of halogens is 2. The number of aromatic nitrogens is 2. The summed E-state index contributed by atoms with van der Waals surface area (Å²) in [5.74, 6) is 0.791.